The zero-order valence-electron chi connectivity index (χ0n) is 11.8. The summed E-state index contributed by atoms with van der Waals surface area (Å²) >= 11 is 0. The van der Waals surface area contributed by atoms with Crippen molar-refractivity contribution in [1.29, 1.82) is 0 Å². The van der Waals surface area contributed by atoms with Gasteiger partial charge in [-0.1, -0.05) is 0 Å². The number of carbonyl (C=O) groups is 2. The van der Waals surface area contributed by atoms with Crippen molar-refractivity contribution in [1.82, 2.24) is 5.32 Å². The molecule has 8 nitrogen and oxygen atoms in total. The van der Waals surface area contributed by atoms with Crippen LogP contribution in [0.2, 0.25) is 0 Å². The van der Waals surface area contributed by atoms with Crippen LogP contribution in [0, 0.1) is 0 Å². The standard InChI is InChI=1S/C13H21NO7/c1-8(17)14-10-12(19)11(18)9(7-16)21-13(10)20-6-4-2-3-5-15/h5,7,10-13,16,18-19H,2-4,6H2,1H3,(H,14,17)/b9-7+/t10-,11+,12-,13-/m1/s1. The number of rotatable bonds is 7. The van der Waals surface area contributed by atoms with Gasteiger partial charge in [0.15, 0.2) is 5.76 Å². The number of nitrogens with one attached hydrogen (secondary N) is 1. The third kappa shape index (κ3) is 5.00. The lowest BCUT2D eigenvalue weighted by atomic mass is 10.0. The number of amides is 1. The minimum Gasteiger partial charge on any atom is -0.512 e. The van der Waals surface area contributed by atoms with Crippen LogP contribution >= 0.6 is 0 Å². The van der Waals surface area contributed by atoms with Gasteiger partial charge in [0.2, 0.25) is 12.2 Å². The van der Waals surface area contributed by atoms with Crippen LogP contribution in [0.5, 0.6) is 0 Å². The van der Waals surface area contributed by atoms with Crippen molar-refractivity contribution in [3.63, 3.8) is 0 Å². The molecule has 4 atom stereocenters. The molecule has 1 fully saturated rings. The van der Waals surface area contributed by atoms with Crippen LogP contribution in [-0.2, 0) is 19.1 Å². The van der Waals surface area contributed by atoms with Crippen LogP contribution in [0.15, 0.2) is 12.0 Å². The molecule has 1 saturated heterocycles. The molecule has 21 heavy (non-hydrogen) atoms. The van der Waals surface area contributed by atoms with Crippen molar-refractivity contribution in [2.75, 3.05) is 6.61 Å². The first-order valence-electron chi connectivity index (χ1n) is 6.70. The van der Waals surface area contributed by atoms with E-state index in [2.05, 4.69) is 5.32 Å². The molecule has 120 valence electrons. The molecule has 1 aliphatic heterocycles. The Morgan fingerprint density at radius 2 is 2.14 bits per heavy atom. The third-order valence-electron chi connectivity index (χ3n) is 3.02. The van der Waals surface area contributed by atoms with Crippen LogP contribution < -0.4 is 5.32 Å². The van der Waals surface area contributed by atoms with Gasteiger partial charge in [-0.3, -0.25) is 4.79 Å². The molecular weight excluding hydrogens is 282 g/mol. The van der Waals surface area contributed by atoms with E-state index in [0.29, 0.717) is 25.5 Å². The molecule has 0 aliphatic carbocycles. The molecule has 0 aromatic rings. The van der Waals surface area contributed by atoms with E-state index >= 15 is 0 Å². The van der Waals surface area contributed by atoms with E-state index in [9.17, 15) is 19.8 Å². The number of hydrogen-bond acceptors (Lipinski definition) is 7. The maximum Gasteiger partial charge on any atom is 0.222 e. The molecular formula is C13H21NO7. The fourth-order valence-electron chi connectivity index (χ4n) is 1.96. The summed E-state index contributed by atoms with van der Waals surface area (Å²) in [5.41, 5.74) is 0. The second-order valence-corrected chi connectivity index (χ2v) is 4.71. The smallest absolute Gasteiger partial charge is 0.222 e. The van der Waals surface area contributed by atoms with Crippen molar-refractivity contribution < 1.29 is 34.4 Å². The number of unbranched alkanes of at least 4 members (excludes halogenated alkanes) is 2. The minimum atomic E-state index is -1.46. The maximum absolute atomic E-state index is 11.2. The largest absolute Gasteiger partial charge is 0.512 e. The van der Waals surface area contributed by atoms with Crippen LogP contribution in [-0.4, -0.2) is 58.7 Å². The van der Waals surface area contributed by atoms with Gasteiger partial charge in [-0.2, -0.15) is 0 Å². The molecule has 1 heterocycles. The molecule has 0 unspecified atom stereocenters. The monoisotopic (exact) mass is 303 g/mol. The number of ether oxygens (including phenoxy) is 2. The summed E-state index contributed by atoms with van der Waals surface area (Å²) in [5, 5.41) is 31.1. The second-order valence-electron chi connectivity index (χ2n) is 4.71. The summed E-state index contributed by atoms with van der Waals surface area (Å²) in [4.78, 5) is 21.4. The summed E-state index contributed by atoms with van der Waals surface area (Å²) < 4.78 is 10.7. The van der Waals surface area contributed by atoms with Gasteiger partial charge in [0.1, 0.15) is 30.8 Å². The molecule has 0 aromatic heterocycles. The SMILES string of the molecule is CC(=O)N[C@H]1[C@H](OCCCCC=O)O/C(=C/O)[C@H](O)[C@@H]1O. The Morgan fingerprint density at radius 3 is 2.71 bits per heavy atom. The van der Waals surface area contributed by atoms with Crippen molar-refractivity contribution in [2.24, 2.45) is 0 Å². The van der Waals surface area contributed by atoms with Crippen LogP contribution in [0.1, 0.15) is 26.2 Å². The maximum atomic E-state index is 11.2. The van der Waals surface area contributed by atoms with Crippen LogP contribution in [0.25, 0.3) is 0 Å². The highest BCUT2D eigenvalue weighted by Gasteiger charge is 2.43. The Balaban J connectivity index is 2.65. The number of hydrogen-bond donors (Lipinski definition) is 4. The molecule has 4 N–H and O–H groups in total. The van der Waals surface area contributed by atoms with Gasteiger partial charge in [0, 0.05) is 13.3 Å². The first-order chi connectivity index (χ1) is 10.0. The van der Waals surface area contributed by atoms with E-state index in [1.54, 1.807) is 0 Å². The van der Waals surface area contributed by atoms with Gasteiger partial charge in [-0.15, -0.1) is 0 Å². The predicted molar refractivity (Wildman–Crippen MR) is 71.1 cm³/mol. The van der Waals surface area contributed by atoms with Crippen molar-refractivity contribution >= 4 is 12.2 Å². The van der Waals surface area contributed by atoms with Gasteiger partial charge >= 0.3 is 0 Å². The molecule has 1 aliphatic rings. The highest BCUT2D eigenvalue weighted by molar-refractivity contribution is 5.73. The lowest BCUT2D eigenvalue weighted by molar-refractivity contribution is -0.206. The van der Waals surface area contributed by atoms with E-state index in [1.165, 1.54) is 6.92 Å². The molecule has 8 heteroatoms. The average Bonchev–Trinajstić information content (AvgIpc) is 2.45. The average molecular weight is 303 g/mol. The minimum absolute atomic E-state index is 0.234. The molecule has 1 rings (SSSR count). The van der Waals surface area contributed by atoms with Gasteiger partial charge in [0.25, 0.3) is 0 Å². The summed E-state index contributed by atoms with van der Waals surface area (Å²) in [7, 11) is 0. The number of aliphatic hydroxyl groups is 3. The van der Waals surface area contributed by atoms with E-state index in [4.69, 9.17) is 14.6 Å². The molecule has 1 amide bonds. The Morgan fingerprint density at radius 1 is 1.43 bits per heavy atom. The normalized spacial score (nSPS) is 30.7. The Hall–Kier alpha value is -1.64. The Labute approximate surface area is 122 Å². The zero-order valence-corrected chi connectivity index (χ0v) is 11.8. The molecule has 0 saturated carbocycles. The fourth-order valence-corrected chi connectivity index (χ4v) is 1.96. The Bertz CT molecular complexity index is 385. The van der Waals surface area contributed by atoms with Gasteiger partial charge < -0.3 is 34.9 Å². The lowest BCUT2D eigenvalue weighted by Crippen LogP contribution is -2.60. The van der Waals surface area contributed by atoms with Crippen molar-refractivity contribution in [2.45, 2.75) is 50.7 Å². The van der Waals surface area contributed by atoms with Crippen molar-refractivity contribution in [3.8, 4) is 0 Å². The predicted octanol–water partition coefficient (Wildman–Crippen LogP) is -0.646. The van der Waals surface area contributed by atoms with Gasteiger partial charge in [-0.05, 0) is 12.8 Å². The molecule has 0 radical (unpaired) electrons. The number of aliphatic hydroxyl groups excluding tert-OH is 3. The van der Waals surface area contributed by atoms with E-state index < -0.39 is 30.4 Å². The van der Waals surface area contributed by atoms with Gasteiger partial charge in [0.05, 0.1) is 6.61 Å². The fraction of sp³-hybridized carbons (Fsp3) is 0.692. The highest BCUT2D eigenvalue weighted by Crippen LogP contribution is 2.24. The zero-order chi connectivity index (χ0) is 15.8. The lowest BCUT2D eigenvalue weighted by Gasteiger charge is -2.39. The Kier molecular flexibility index (Phi) is 7.13. The second kappa shape index (κ2) is 8.60. The first kappa shape index (κ1) is 17.4. The number of aldehydes is 1. The topological polar surface area (TPSA) is 125 Å². The quantitative estimate of drug-likeness (QED) is 0.280. The molecule has 0 bridgehead atoms. The number of carbonyl (C=O) groups excluding carboxylic acids is 2. The van der Waals surface area contributed by atoms with Crippen molar-refractivity contribution in [3.05, 3.63) is 12.0 Å². The highest BCUT2D eigenvalue weighted by atomic mass is 16.7. The van der Waals surface area contributed by atoms with E-state index in [-0.39, 0.29) is 12.4 Å². The third-order valence-corrected chi connectivity index (χ3v) is 3.02. The summed E-state index contributed by atoms with van der Waals surface area (Å²) in [6.07, 6.45) is -0.848. The van der Waals surface area contributed by atoms with Crippen LogP contribution in [0.4, 0.5) is 0 Å². The van der Waals surface area contributed by atoms with Gasteiger partial charge in [-0.25, -0.2) is 0 Å². The first-order valence-corrected chi connectivity index (χ1v) is 6.70. The molecule has 0 aromatic carbocycles. The van der Waals surface area contributed by atoms with E-state index in [0.717, 1.165) is 6.29 Å². The summed E-state index contributed by atoms with van der Waals surface area (Å²) in [6, 6.07) is -0.965. The van der Waals surface area contributed by atoms with E-state index in [1.807, 2.05) is 0 Å². The summed E-state index contributed by atoms with van der Waals surface area (Å²) in [5.74, 6) is -0.650. The summed E-state index contributed by atoms with van der Waals surface area (Å²) in [6.45, 7) is 1.51. The van der Waals surface area contributed by atoms with Crippen LogP contribution in [0.3, 0.4) is 0 Å². The molecule has 0 spiro atoms.